The Morgan fingerprint density at radius 2 is 2.15 bits per heavy atom. The van der Waals surface area contributed by atoms with E-state index in [4.69, 9.17) is 0 Å². The molecule has 1 N–H and O–H groups in total. The van der Waals surface area contributed by atoms with Crippen LogP contribution in [0.4, 0.5) is 0 Å². The fourth-order valence-corrected chi connectivity index (χ4v) is 1.63. The predicted molar refractivity (Wildman–Crippen MR) is 61.1 cm³/mol. The van der Waals surface area contributed by atoms with Gasteiger partial charge in [0, 0.05) is 4.47 Å². The molecule has 13 heavy (non-hydrogen) atoms. The van der Waals surface area contributed by atoms with Gasteiger partial charge in [0.1, 0.15) is 0 Å². The molecule has 0 unspecified atom stereocenters. The Kier molecular flexibility index (Phi) is 4.46. The van der Waals surface area contributed by atoms with Gasteiger partial charge in [-0.25, -0.2) is 0 Å². The third-order valence-electron chi connectivity index (χ3n) is 2.08. The molecule has 1 aromatic carbocycles. The van der Waals surface area contributed by atoms with Crippen LogP contribution in [0.5, 0.6) is 0 Å². The zero-order chi connectivity index (χ0) is 9.68. The van der Waals surface area contributed by atoms with Gasteiger partial charge in [-0.2, -0.15) is 0 Å². The Morgan fingerprint density at radius 3 is 2.77 bits per heavy atom. The predicted octanol–water partition coefficient (Wildman–Crippen LogP) is 2.91. The highest BCUT2D eigenvalue weighted by atomic mass is 79.9. The fraction of sp³-hybridized carbons (Fsp3) is 0.455. The molecule has 0 aliphatic carbocycles. The molecule has 0 radical (unpaired) electrons. The van der Waals surface area contributed by atoms with Crippen LogP contribution >= 0.6 is 15.9 Å². The molecule has 0 amide bonds. The molecule has 1 aromatic rings. The average molecular weight is 242 g/mol. The molecule has 0 aromatic heterocycles. The van der Waals surface area contributed by atoms with Crippen molar-refractivity contribution in [3.05, 3.63) is 33.8 Å². The van der Waals surface area contributed by atoms with E-state index in [0.717, 1.165) is 19.5 Å². The van der Waals surface area contributed by atoms with Gasteiger partial charge in [0.2, 0.25) is 0 Å². The van der Waals surface area contributed by atoms with E-state index in [1.54, 1.807) is 0 Å². The van der Waals surface area contributed by atoms with Gasteiger partial charge in [-0.15, -0.1) is 0 Å². The third kappa shape index (κ3) is 3.49. The molecule has 0 aliphatic rings. The summed E-state index contributed by atoms with van der Waals surface area (Å²) in [5.74, 6) is 0. The molecule has 0 aliphatic heterocycles. The molecule has 0 fully saturated rings. The Bertz CT molecular complexity index is 271. The molecule has 1 rings (SSSR count). The molecule has 0 spiro atoms. The molecule has 2 heteroatoms. The van der Waals surface area contributed by atoms with Crippen molar-refractivity contribution in [1.29, 1.82) is 0 Å². The molecule has 72 valence electrons. The number of hydrogen-bond donors (Lipinski definition) is 1. The number of halogens is 1. The smallest absolute Gasteiger partial charge is 0.0207 e. The van der Waals surface area contributed by atoms with E-state index in [2.05, 4.69) is 53.3 Å². The first-order chi connectivity index (χ1) is 6.24. The van der Waals surface area contributed by atoms with Gasteiger partial charge in [-0.05, 0) is 43.6 Å². The maximum absolute atomic E-state index is 3.53. The van der Waals surface area contributed by atoms with Crippen molar-refractivity contribution in [2.75, 3.05) is 13.1 Å². The lowest BCUT2D eigenvalue weighted by Crippen LogP contribution is -2.15. The summed E-state index contributed by atoms with van der Waals surface area (Å²) in [5, 5.41) is 3.32. The van der Waals surface area contributed by atoms with Crippen molar-refractivity contribution in [2.24, 2.45) is 0 Å². The van der Waals surface area contributed by atoms with Crippen LogP contribution in [0.1, 0.15) is 18.1 Å². The van der Waals surface area contributed by atoms with Crippen molar-refractivity contribution < 1.29 is 0 Å². The van der Waals surface area contributed by atoms with Crippen LogP contribution in [0.3, 0.4) is 0 Å². The number of likely N-dealkylation sites (N-methyl/N-ethyl adjacent to an activating group) is 1. The zero-order valence-electron chi connectivity index (χ0n) is 8.23. The van der Waals surface area contributed by atoms with Gasteiger partial charge < -0.3 is 5.32 Å². The van der Waals surface area contributed by atoms with Crippen molar-refractivity contribution >= 4 is 15.9 Å². The number of hydrogen-bond acceptors (Lipinski definition) is 1. The van der Waals surface area contributed by atoms with Gasteiger partial charge in [-0.3, -0.25) is 0 Å². The van der Waals surface area contributed by atoms with Crippen molar-refractivity contribution in [3.8, 4) is 0 Å². The van der Waals surface area contributed by atoms with Gasteiger partial charge in [0.15, 0.2) is 0 Å². The van der Waals surface area contributed by atoms with Crippen molar-refractivity contribution in [3.63, 3.8) is 0 Å². The molecular weight excluding hydrogens is 226 g/mol. The van der Waals surface area contributed by atoms with E-state index in [0.29, 0.717) is 0 Å². The van der Waals surface area contributed by atoms with E-state index in [9.17, 15) is 0 Å². The Morgan fingerprint density at radius 1 is 1.38 bits per heavy atom. The minimum Gasteiger partial charge on any atom is -0.317 e. The van der Waals surface area contributed by atoms with Gasteiger partial charge in [0.05, 0.1) is 0 Å². The Balaban J connectivity index is 2.53. The van der Waals surface area contributed by atoms with E-state index in [-0.39, 0.29) is 0 Å². The summed E-state index contributed by atoms with van der Waals surface area (Å²) in [5.41, 5.74) is 2.69. The van der Waals surface area contributed by atoms with Crippen molar-refractivity contribution in [2.45, 2.75) is 20.3 Å². The lowest BCUT2D eigenvalue weighted by atomic mass is 10.1. The summed E-state index contributed by atoms with van der Waals surface area (Å²) in [4.78, 5) is 0. The second-order valence-corrected chi connectivity index (χ2v) is 4.04. The van der Waals surface area contributed by atoms with Crippen LogP contribution in [-0.4, -0.2) is 13.1 Å². The number of benzene rings is 1. The van der Waals surface area contributed by atoms with E-state index in [1.165, 1.54) is 15.6 Å². The van der Waals surface area contributed by atoms with Crippen LogP contribution in [0.25, 0.3) is 0 Å². The van der Waals surface area contributed by atoms with Gasteiger partial charge in [-0.1, -0.05) is 35.0 Å². The first-order valence-electron chi connectivity index (χ1n) is 4.69. The number of nitrogens with one attached hydrogen (secondary N) is 1. The maximum Gasteiger partial charge on any atom is 0.0207 e. The molecule has 0 saturated heterocycles. The summed E-state index contributed by atoms with van der Waals surface area (Å²) >= 11 is 3.53. The van der Waals surface area contributed by atoms with Crippen molar-refractivity contribution in [1.82, 2.24) is 5.32 Å². The molecule has 0 heterocycles. The first-order valence-corrected chi connectivity index (χ1v) is 5.49. The normalized spacial score (nSPS) is 10.4. The summed E-state index contributed by atoms with van der Waals surface area (Å²) in [6.45, 7) is 6.35. The second kappa shape index (κ2) is 5.40. The highest BCUT2D eigenvalue weighted by molar-refractivity contribution is 9.10. The molecular formula is C11H16BrN. The minimum atomic E-state index is 1.05. The number of rotatable bonds is 4. The standard InChI is InChI=1S/C11H16BrN/c1-3-13-7-6-10-5-4-9(2)11(12)8-10/h4-5,8,13H,3,6-7H2,1-2H3. The van der Waals surface area contributed by atoms with Crippen LogP contribution in [-0.2, 0) is 6.42 Å². The van der Waals surface area contributed by atoms with E-state index in [1.807, 2.05) is 0 Å². The maximum atomic E-state index is 3.53. The quantitative estimate of drug-likeness (QED) is 0.800. The lowest BCUT2D eigenvalue weighted by molar-refractivity contribution is 0.716. The average Bonchev–Trinajstić information content (AvgIpc) is 2.12. The van der Waals surface area contributed by atoms with E-state index < -0.39 is 0 Å². The van der Waals surface area contributed by atoms with Crippen LogP contribution in [0.15, 0.2) is 22.7 Å². The second-order valence-electron chi connectivity index (χ2n) is 3.19. The SMILES string of the molecule is CCNCCc1ccc(C)c(Br)c1. The fourth-order valence-electron chi connectivity index (χ4n) is 1.20. The van der Waals surface area contributed by atoms with Crippen LogP contribution in [0.2, 0.25) is 0 Å². The summed E-state index contributed by atoms with van der Waals surface area (Å²) in [6.07, 6.45) is 1.10. The molecule has 0 bridgehead atoms. The molecule has 1 nitrogen and oxygen atoms in total. The monoisotopic (exact) mass is 241 g/mol. The summed E-state index contributed by atoms with van der Waals surface area (Å²) in [7, 11) is 0. The largest absolute Gasteiger partial charge is 0.317 e. The topological polar surface area (TPSA) is 12.0 Å². The lowest BCUT2D eigenvalue weighted by Gasteiger charge is -2.04. The highest BCUT2D eigenvalue weighted by Crippen LogP contribution is 2.17. The Hall–Kier alpha value is -0.340. The number of aryl methyl sites for hydroxylation is 1. The third-order valence-corrected chi connectivity index (χ3v) is 2.93. The van der Waals surface area contributed by atoms with Gasteiger partial charge in [0.25, 0.3) is 0 Å². The van der Waals surface area contributed by atoms with Crippen LogP contribution < -0.4 is 5.32 Å². The summed E-state index contributed by atoms with van der Waals surface area (Å²) in [6, 6.07) is 6.55. The minimum absolute atomic E-state index is 1.05. The summed E-state index contributed by atoms with van der Waals surface area (Å²) < 4.78 is 1.21. The molecule has 0 saturated carbocycles. The first kappa shape index (κ1) is 10.7. The highest BCUT2D eigenvalue weighted by Gasteiger charge is 1.96. The zero-order valence-corrected chi connectivity index (χ0v) is 9.82. The van der Waals surface area contributed by atoms with E-state index >= 15 is 0 Å². The molecule has 0 atom stereocenters. The Labute approximate surface area is 88.7 Å². The van der Waals surface area contributed by atoms with Crippen LogP contribution in [0, 0.1) is 6.92 Å². The van der Waals surface area contributed by atoms with Gasteiger partial charge >= 0.3 is 0 Å².